The summed E-state index contributed by atoms with van der Waals surface area (Å²) in [6.45, 7) is 0.145. The maximum absolute atomic E-state index is 13.2. The van der Waals surface area contributed by atoms with Crippen molar-refractivity contribution in [2.45, 2.75) is 6.54 Å². The largest absolute Gasteiger partial charge is 0.383 e. The molecule has 0 unspecified atom stereocenters. The first kappa shape index (κ1) is 19.8. The maximum atomic E-state index is 13.2. The smallest absolute Gasteiger partial charge is 0.274 e. The van der Waals surface area contributed by atoms with Gasteiger partial charge in [0.05, 0.1) is 22.1 Å². The molecule has 9 heteroatoms. The van der Waals surface area contributed by atoms with E-state index in [-0.39, 0.29) is 23.7 Å². The van der Waals surface area contributed by atoms with Crippen LogP contribution >= 0.6 is 15.9 Å². The van der Waals surface area contributed by atoms with E-state index >= 15 is 0 Å². The van der Waals surface area contributed by atoms with Crippen molar-refractivity contribution in [1.29, 1.82) is 0 Å². The molecule has 0 spiro atoms. The number of nitrogens with zero attached hydrogens (tertiary/aromatic N) is 3. The molecule has 4 aromatic rings. The number of halogens is 2. The minimum absolute atomic E-state index is 0.145. The number of nitrogens with two attached hydrogens (primary N) is 1. The highest BCUT2D eigenvalue weighted by Crippen LogP contribution is 2.24. The van der Waals surface area contributed by atoms with E-state index < -0.39 is 5.82 Å². The number of fused-ring (bicyclic) bond motifs is 1. The molecule has 3 aromatic heterocycles. The first-order valence-electron chi connectivity index (χ1n) is 9.00. The Balaban J connectivity index is 1.70. The molecule has 0 saturated carbocycles. The van der Waals surface area contributed by atoms with Crippen LogP contribution in [0.2, 0.25) is 0 Å². The zero-order chi connectivity index (χ0) is 21.4. The Morgan fingerprint density at radius 1 is 1.23 bits per heavy atom. The van der Waals surface area contributed by atoms with Gasteiger partial charge in [0.15, 0.2) is 0 Å². The zero-order valence-electron chi connectivity index (χ0n) is 15.9. The van der Waals surface area contributed by atoms with Crippen LogP contribution in [0.3, 0.4) is 0 Å². The fourth-order valence-corrected chi connectivity index (χ4v) is 3.50. The van der Waals surface area contributed by atoms with E-state index in [0.717, 1.165) is 5.52 Å². The van der Waals surface area contributed by atoms with Crippen LogP contribution in [0.25, 0.3) is 11.0 Å². The quantitative estimate of drug-likeness (QED) is 0.477. The van der Waals surface area contributed by atoms with Gasteiger partial charge < -0.3 is 15.6 Å². The molecule has 3 N–H and O–H groups in total. The molecular weight excluding hydrogens is 453 g/mol. The van der Waals surface area contributed by atoms with Gasteiger partial charge in [-0.3, -0.25) is 14.2 Å². The van der Waals surface area contributed by atoms with Gasteiger partial charge in [0, 0.05) is 24.5 Å². The van der Waals surface area contributed by atoms with Gasteiger partial charge in [0.25, 0.3) is 11.5 Å². The molecular formula is C21H17BrFN5O2. The highest BCUT2D eigenvalue weighted by atomic mass is 79.9. The van der Waals surface area contributed by atoms with E-state index in [0.29, 0.717) is 27.2 Å². The first-order chi connectivity index (χ1) is 14.3. The van der Waals surface area contributed by atoms with Crippen LogP contribution in [0.4, 0.5) is 15.9 Å². The van der Waals surface area contributed by atoms with Crippen molar-refractivity contribution in [2.75, 3.05) is 17.7 Å². The minimum Gasteiger partial charge on any atom is -0.383 e. The van der Waals surface area contributed by atoms with Crippen molar-refractivity contribution in [3.05, 3.63) is 86.6 Å². The van der Waals surface area contributed by atoms with Crippen LogP contribution in [0.5, 0.6) is 0 Å². The molecule has 0 aliphatic heterocycles. The monoisotopic (exact) mass is 469 g/mol. The fourth-order valence-electron chi connectivity index (χ4n) is 3.18. The summed E-state index contributed by atoms with van der Waals surface area (Å²) < 4.78 is 15.2. The third-order valence-corrected chi connectivity index (χ3v) is 5.39. The number of nitrogens with one attached hydrogen (secondary N) is 1. The Morgan fingerprint density at radius 2 is 1.97 bits per heavy atom. The van der Waals surface area contributed by atoms with E-state index in [4.69, 9.17) is 5.73 Å². The summed E-state index contributed by atoms with van der Waals surface area (Å²) in [6, 6.07) is 13.7. The predicted molar refractivity (Wildman–Crippen MR) is 117 cm³/mol. The van der Waals surface area contributed by atoms with Crippen molar-refractivity contribution in [3.8, 4) is 0 Å². The second-order valence-electron chi connectivity index (χ2n) is 6.76. The van der Waals surface area contributed by atoms with Crippen molar-refractivity contribution < 1.29 is 9.18 Å². The van der Waals surface area contributed by atoms with E-state index in [9.17, 15) is 14.0 Å². The highest BCUT2D eigenvalue weighted by Gasteiger charge is 2.19. The van der Waals surface area contributed by atoms with Gasteiger partial charge in [-0.2, -0.15) is 0 Å². The molecule has 0 aliphatic carbocycles. The molecule has 0 atom stereocenters. The Labute approximate surface area is 179 Å². The average Bonchev–Trinajstić information content (AvgIpc) is 3.10. The topological polar surface area (TPSA) is 97.0 Å². The highest BCUT2D eigenvalue weighted by molar-refractivity contribution is 9.10. The molecule has 152 valence electrons. The van der Waals surface area contributed by atoms with Crippen LogP contribution in [-0.2, 0) is 6.54 Å². The summed E-state index contributed by atoms with van der Waals surface area (Å²) in [6.07, 6.45) is 0. The lowest BCUT2D eigenvalue weighted by atomic mass is 10.2. The Hall–Kier alpha value is -3.46. The molecule has 0 saturated heterocycles. The average molecular weight is 470 g/mol. The standard InChI is InChI=1S/C21H17BrFN5O2/c1-27(14-7-5-12(23)6-8-14)21(30)18-3-2-4-19(29)28(18)11-13-9-16-17(25-13)10-15(22)20(24)26-16/h2-10,25H,11H2,1H3,(H2,24,26). The number of hydrogen-bond acceptors (Lipinski definition) is 4. The molecule has 1 aromatic carbocycles. The Morgan fingerprint density at radius 3 is 2.70 bits per heavy atom. The zero-order valence-corrected chi connectivity index (χ0v) is 17.5. The number of carbonyl (C=O) groups is 1. The van der Waals surface area contributed by atoms with Gasteiger partial charge in [-0.25, -0.2) is 9.37 Å². The number of nitrogen functional groups attached to an aromatic ring is 1. The summed E-state index contributed by atoms with van der Waals surface area (Å²) >= 11 is 3.34. The number of anilines is 2. The van der Waals surface area contributed by atoms with E-state index in [1.807, 2.05) is 6.07 Å². The number of pyridine rings is 2. The Kier molecular flexibility index (Phi) is 5.13. The van der Waals surface area contributed by atoms with Gasteiger partial charge >= 0.3 is 0 Å². The lowest BCUT2D eigenvalue weighted by Gasteiger charge is -2.20. The number of carbonyl (C=O) groups excluding carboxylic acids is 1. The third-order valence-electron chi connectivity index (χ3n) is 4.75. The van der Waals surface area contributed by atoms with Crippen molar-refractivity contribution in [3.63, 3.8) is 0 Å². The molecule has 0 fully saturated rings. The second-order valence-corrected chi connectivity index (χ2v) is 7.61. The maximum Gasteiger partial charge on any atom is 0.274 e. The molecule has 0 bridgehead atoms. The van der Waals surface area contributed by atoms with Crippen LogP contribution < -0.4 is 16.2 Å². The van der Waals surface area contributed by atoms with Crippen LogP contribution in [0, 0.1) is 5.82 Å². The summed E-state index contributed by atoms with van der Waals surface area (Å²) in [5, 5.41) is 0. The molecule has 0 radical (unpaired) electrons. The number of H-pyrrole nitrogens is 1. The number of amides is 1. The number of aromatic amines is 1. The van der Waals surface area contributed by atoms with E-state index in [1.54, 1.807) is 19.2 Å². The van der Waals surface area contributed by atoms with Gasteiger partial charge in [0.2, 0.25) is 0 Å². The predicted octanol–water partition coefficient (Wildman–Crippen LogP) is 3.53. The number of rotatable bonds is 4. The SMILES string of the molecule is CN(C(=O)c1cccc(=O)n1Cc1cc2nc(N)c(Br)cc2[nH]1)c1ccc(F)cc1. The molecule has 7 nitrogen and oxygen atoms in total. The normalized spacial score (nSPS) is 11.0. The lowest BCUT2D eigenvalue weighted by Crippen LogP contribution is -2.33. The lowest BCUT2D eigenvalue weighted by molar-refractivity contribution is 0.0983. The summed E-state index contributed by atoms with van der Waals surface area (Å²) in [5.74, 6) is -0.418. The van der Waals surface area contributed by atoms with Crippen molar-refractivity contribution in [1.82, 2.24) is 14.5 Å². The summed E-state index contributed by atoms with van der Waals surface area (Å²) in [7, 11) is 1.57. The van der Waals surface area contributed by atoms with Crippen LogP contribution in [-0.4, -0.2) is 27.5 Å². The van der Waals surface area contributed by atoms with Gasteiger partial charge in [-0.05, 0) is 58.4 Å². The number of aromatic nitrogens is 3. The third kappa shape index (κ3) is 3.71. The Bertz CT molecular complexity index is 1270. The van der Waals surface area contributed by atoms with E-state index in [2.05, 4.69) is 25.9 Å². The first-order valence-corrected chi connectivity index (χ1v) is 9.80. The minimum atomic E-state index is -0.393. The molecule has 4 rings (SSSR count). The molecule has 0 aliphatic rings. The molecule has 30 heavy (non-hydrogen) atoms. The van der Waals surface area contributed by atoms with Crippen molar-refractivity contribution in [2.24, 2.45) is 0 Å². The van der Waals surface area contributed by atoms with E-state index in [1.165, 1.54) is 45.9 Å². The van der Waals surface area contributed by atoms with Gasteiger partial charge in [-0.15, -0.1) is 0 Å². The van der Waals surface area contributed by atoms with Gasteiger partial charge in [0.1, 0.15) is 17.3 Å². The second kappa shape index (κ2) is 7.75. The molecule has 3 heterocycles. The molecule has 1 amide bonds. The van der Waals surface area contributed by atoms with Crippen LogP contribution in [0.15, 0.2) is 63.9 Å². The van der Waals surface area contributed by atoms with Gasteiger partial charge in [-0.1, -0.05) is 6.07 Å². The summed E-state index contributed by atoms with van der Waals surface area (Å²) in [5.41, 5.74) is 8.35. The van der Waals surface area contributed by atoms with Crippen LogP contribution in [0.1, 0.15) is 16.2 Å². The fraction of sp³-hybridized carbons (Fsp3) is 0.0952. The number of benzene rings is 1. The summed E-state index contributed by atoms with van der Waals surface area (Å²) in [4.78, 5) is 34.5. The van der Waals surface area contributed by atoms with Crippen molar-refractivity contribution >= 4 is 44.4 Å². The number of hydrogen-bond donors (Lipinski definition) is 2.